The second-order valence-electron chi connectivity index (χ2n) is 5.93. The molecule has 0 aromatic heterocycles. The van der Waals surface area contributed by atoms with Crippen molar-refractivity contribution in [2.24, 2.45) is 0 Å². The molecule has 26 heavy (non-hydrogen) atoms. The maximum atomic E-state index is 12.6. The molecule has 1 fully saturated rings. The number of ether oxygens (including phenoxy) is 1. The van der Waals surface area contributed by atoms with Crippen LogP contribution in [0.15, 0.2) is 53.4 Å². The van der Waals surface area contributed by atoms with E-state index in [4.69, 9.17) is 16.3 Å². The van der Waals surface area contributed by atoms with Crippen LogP contribution in [0, 0.1) is 0 Å². The van der Waals surface area contributed by atoms with Gasteiger partial charge in [0.15, 0.2) is 0 Å². The van der Waals surface area contributed by atoms with Gasteiger partial charge in [0.05, 0.1) is 22.4 Å². The van der Waals surface area contributed by atoms with Gasteiger partial charge in [0.25, 0.3) is 15.9 Å². The van der Waals surface area contributed by atoms with Gasteiger partial charge in [-0.1, -0.05) is 35.9 Å². The highest BCUT2D eigenvalue weighted by Crippen LogP contribution is 2.25. The maximum absolute atomic E-state index is 12.6. The predicted molar refractivity (Wildman–Crippen MR) is 100 cm³/mol. The number of halogens is 1. The fraction of sp³-hybridized carbons (Fsp3) is 0.278. The number of hydrogen-bond acceptors (Lipinski definition) is 4. The standard InChI is InChI=1S/C18H19ClN2O4S/c19-15-8-2-4-10-17(15)26(23,24)21-16-9-3-1-7-14(16)18(22)20-12-13-6-5-11-25-13/h1-4,7-10,13,21H,5-6,11-12H2,(H,20,22). The molecule has 1 aliphatic rings. The smallest absolute Gasteiger partial charge is 0.263 e. The Balaban J connectivity index is 1.78. The maximum Gasteiger partial charge on any atom is 0.263 e. The molecule has 138 valence electrons. The summed E-state index contributed by atoms with van der Waals surface area (Å²) in [7, 11) is -3.92. The molecule has 3 rings (SSSR count). The molecule has 1 atom stereocenters. The van der Waals surface area contributed by atoms with E-state index >= 15 is 0 Å². The van der Waals surface area contributed by atoms with E-state index in [0.29, 0.717) is 13.2 Å². The van der Waals surface area contributed by atoms with Crippen LogP contribution in [0.25, 0.3) is 0 Å². The van der Waals surface area contributed by atoms with Crippen LogP contribution >= 0.6 is 11.6 Å². The molecular formula is C18H19ClN2O4S. The zero-order chi connectivity index (χ0) is 18.6. The Labute approximate surface area is 157 Å². The Kier molecular flexibility index (Phi) is 5.80. The lowest BCUT2D eigenvalue weighted by atomic mass is 10.1. The van der Waals surface area contributed by atoms with E-state index in [0.717, 1.165) is 12.8 Å². The molecule has 6 nitrogen and oxygen atoms in total. The van der Waals surface area contributed by atoms with Crippen molar-refractivity contribution in [3.8, 4) is 0 Å². The van der Waals surface area contributed by atoms with Crippen LogP contribution in [0.3, 0.4) is 0 Å². The van der Waals surface area contributed by atoms with Gasteiger partial charge >= 0.3 is 0 Å². The van der Waals surface area contributed by atoms with E-state index in [-0.39, 0.29) is 33.2 Å². The summed E-state index contributed by atoms with van der Waals surface area (Å²) in [6.45, 7) is 1.10. The topological polar surface area (TPSA) is 84.5 Å². The van der Waals surface area contributed by atoms with E-state index in [1.165, 1.54) is 18.2 Å². The summed E-state index contributed by atoms with van der Waals surface area (Å²) in [5.74, 6) is -0.363. The molecule has 1 unspecified atom stereocenters. The summed E-state index contributed by atoms with van der Waals surface area (Å²) >= 11 is 5.99. The van der Waals surface area contributed by atoms with Crippen molar-refractivity contribution in [3.05, 3.63) is 59.1 Å². The zero-order valence-electron chi connectivity index (χ0n) is 13.9. The van der Waals surface area contributed by atoms with Crippen molar-refractivity contribution in [3.63, 3.8) is 0 Å². The molecule has 1 amide bonds. The Hall–Kier alpha value is -2.09. The van der Waals surface area contributed by atoms with Gasteiger partial charge in [-0.15, -0.1) is 0 Å². The van der Waals surface area contributed by atoms with Crippen molar-refractivity contribution < 1.29 is 17.9 Å². The molecule has 2 aromatic carbocycles. The number of sulfonamides is 1. The Morgan fingerprint density at radius 3 is 2.62 bits per heavy atom. The van der Waals surface area contributed by atoms with Crippen LogP contribution in [0.5, 0.6) is 0 Å². The minimum atomic E-state index is -3.92. The molecule has 0 radical (unpaired) electrons. The number of rotatable bonds is 6. The lowest BCUT2D eigenvalue weighted by Gasteiger charge is -2.15. The summed E-state index contributed by atoms with van der Waals surface area (Å²) in [4.78, 5) is 12.4. The number of nitrogens with one attached hydrogen (secondary N) is 2. The Bertz CT molecular complexity index is 896. The van der Waals surface area contributed by atoms with Crippen LogP contribution in [0.1, 0.15) is 23.2 Å². The number of carbonyl (C=O) groups excluding carboxylic acids is 1. The first-order valence-electron chi connectivity index (χ1n) is 8.23. The van der Waals surface area contributed by atoms with Gasteiger partial charge in [-0.2, -0.15) is 0 Å². The van der Waals surface area contributed by atoms with E-state index in [2.05, 4.69) is 10.0 Å². The summed E-state index contributed by atoms with van der Waals surface area (Å²) in [5.41, 5.74) is 0.429. The van der Waals surface area contributed by atoms with Crippen LogP contribution in [0.4, 0.5) is 5.69 Å². The highest BCUT2D eigenvalue weighted by molar-refractivity contribution is 7.92. The van der Waals surface area contributed by atoms with Gasteiger partial charge in [0.1, 0.15) is 4.90 Å². The lowest BCUT2D eigenvalue weighted by molar-refractivity contribution is 0.0858. The fourth-order valence-electron chi connectivity index (χ4n) is 2.74. The minimum Gasteiger partial charge on any atom is -0.376 e. The van der Waals surface area contributed by atoms with Crippen molar-refractivity contribution in [2.45, 2.75) is 23.8 Å². The first kappa shape index (κ1) is 18.7. The Morgan fingerprint density at radius 1 is 1.15 bits per heavy atom. The number of amides is 1. The largest absolute Gasteiger partial charge is 0.376 e. The van der Waals surface area contributed by atoms with Crippen molar-refractivity contribution in [2.75, 3.05) is 17.9 Å². The third kappa shape index (κ3) is 4.35. The lowest BCUT2D eigenvalue weighted by Crippen LogP contribution is -2.32. The third-order valence-corrected chi connectivity index (χ3v) is 5.92. The van der Waals surface area contributed by atoms with Gasteiger partial charge in [-0.05, 0) is 37.1 Å². The van der Waals surface area contributed by atoms with Gasteiger partial charge in [0, 0.05) is 13.2 Å². The number of carbonyl (C=O) groups is 1. The number of benzene rings is 2. The number of hydrogen-bond donors (Lipinski definition) is 2. The van der Waals surface area contributed by atoms with Gasteiger partial charge in [-0.3, -0.25) is 9.52 Å². The highest BCUT2D eigenvalue weighted by atomic mass is 35.5. The van der Waals surface area contributed by atoms with E-state index in [1.54, 1.807) is 30.3 Å². The molecule has 1 heterocycles. The van der Waals surface area contributed by atoms with E-state index in [1.807, 2.05) is 0 Å². The van der Waals surface area contributed by atoms with Crippen LogP contribution < -0.4 is 10.0 Å². The summed E-state index contributed by atoms with van der Waals surface area (Å²) in [6.07, 6.45) is 1.89. The van der Waals surface area contributed by atoms with Crippen molar-refractivity contribution in [1.29, 1.82) is 0 Å². The monoisotopic (exact) mass is 394 g/mol. The molecule has 1 saturated heterocycles. The molecule has 2 N–H and O–H groups in total. The summed E-state index contributed by atoms with van der Waals surface area (Å²) in [6, 6.07) is 12.6. The predicted octanol–water partition coefficient (Wildman–Crippen LogP) is 3.05. The first-order valence-corrected chi connectivity index (χ1v) is 10.1. The average molecular weight is 395 g/mol. The van der Waals surface area contributed by atoms with Gasteiger partial charge in [0.2, 0.25) is 0 Å². The van der Waals surface area contributed by atoms with Crippen LogP contribution in [0.2, 0.25) is 5.02 Å². The molecule has 0 aliphatic carbocycles. The second kappa shape index (κ2) is 8.07. The van der Waals surface area contributed by atoms with E-state index < -0.39 is 10.0 Å². The van der Waals surface area contributed by atoms with Crippen LogP contribution in [-0.4, -0.2) is 33.6 Å². The summed E-state index contributed by atoms with van der Waals surface area (Å²) in [5, 5.41) is 2.90. The molecule has 0 saturated carbocycles. The molecule has 8 heteroatoms. The SMILES string of the molecule is O=C(NCC1CCCO1)c1ccccc1NS(=O)(=O)c1ccccc1Cl. The number of para-hydroxylation sites is 1. The molecule has 1 aliphatic heterocycles. The highest BCUT2D eigenvalue weighted by Gasteiger charge is 2.22. The fourth-order valence-corrected chi connectivity index (χ4v) is 4.34. The van der Waals surface area contributed by atoms with E-state index in [9.17, 15) is 13.2 Å². The zero-order valence-corrected chi connectivity index (χ0v) is 15.5. The van der Waals surface area contributed by atoms with Crippen LogP contribution in [-0.2, 0) is 14.8 Å². The molecule has 2 aromatic rings. The Morgan fingerprint density at radius 2 is 1.88 bits per heavy atom. The third-order valence-electron chi connectivity index (χ3n) is 4.06. The number of anilines is 1. The molecule has 0 spiro atoms. The first-order chi connectivity index (χ1) is 12.5. The molecule has 0 bridgehead atoms. The normalized spacial score (nSPS) is 17.0. The average Bonchev–Trinajstić information content (AvgIpc) is 3.13. The second-order valence-corrected chi connectivity index (χ2v) is 7.98. The molecular weight excluding hydrogens is 376 g/mol. The minimum absolute atomic E-state index is 0.00549. The van der Waals surface area contributed by atoms with Gasteiger partial charge in [-0.25, -0.2) is 8.42 Å². The van der Waals surface area contributed by atoms with Crippen molar-refractivity contribution in [1.82, 2.24) is 5.32 Å². The quantitative estimate of drug-likeness (QED) is 0.788. The van der Waals surface area contributed by atoms with Gasteiger partial charge < -0.3 is 10.1 Å². The summed E-state index contributed by atoms with van der Waals surface area (Å²) < 4.78 is 33.2. The van der Waals surface area contributed by atoms with Crippen molar-refractivity contribution >= 4 is 33.2 Å².